The highest BCUT2D eigenvalue weighted by molar-refractivity contribution is 7.52. The lowest BCUT2D eigenvalue weighted by atomic mass is 10.1. The summed E-state index contributed by atoms with van der Waals surface area (Å²) in [6, 6.07) is 20.4. The lowest BCUT2D eigenvalue weighted by Gasteiger charge is -2.31. The van der Waals surface area contributed by atoms with Gasteiger partial charge in [-0.3, -0.25) is 23.7 Å². The quantitative estimate of drug-likeness (QED) is 0.162. The van der Waals surface area contributed by atoms with Gasteiger partial charge in [0.2, 0.25) is 5.82 Å². The molecule has 1 aliphatic carbocycles. The third-order valence-electron chi connectivity index (χ3n) is 7.79. The highest BCUT2D eigenvalue weighted by atomic mass is 31.2. The Kier molecular flexibility index (Phi) is 8.47. The molecule has 12 nitrogen and oxygen atoms in total. The largest absolute Gasteiger partial charge is 0.460 e. The Balaban J connectivity index is 1.26. The zero-order valence-corrected chi connectivity index (χ0v) is 25.0. The van der Waals surface area contributed by atoms with Crippen molar-refractivity contribution >= 4 is 24.5 Å². The number of aromatic nitrogens is 2. The fraction of sp³-hybridized carbons (Fsp3) is 0.323. The molecule has 3 N–H and O–H groups in total. The molecule has 0 radical (unpaired) electrons. The van der Waals surface area contributed by atoms with E-state index in [1.165, 1.54) is 6.92 Å². The number of aliphatic hydroxyl groups excluding tert-OH is 1. The zero-order valence-electron chi connectivity index (χ0n) is 24.1. The summed E-state index contributed by atoms with van der Waals surface area (Å²) in [6.07, 6.45) is -2.27. The fourth-order valence-electron chi connectivity index (χ4n) is 5.38. The van der Waals surface area contributed by atoms with Gasteiger partial charge in [0.25, 0.3) is 5.56 Å². The maximum Gasteiger partial charge on any atom is 0.460 e. The minimum absolute atomic E-state index is 0.000814. The fourth-order valence-corrected chi connectivity index (χ4v) is 7.29. The van der Waals surface area contributed by atoms with Crippen LogP contribution in [0.4, 0.5) is 4.39 Å². The van der Waals surface area contributed by atoms with Crippen LogP contribution in [0.15, 0.2) is 88.6 Å². The monoisotopic (exact) mass is 639 g/mol. The maximum absolute atomic E-state index is 14.6. The predicted molar refractivity (Wildman–Crippen MR) is 160 cm³/mol. The van der Waals surface area contributed by atoms with Crippen LogP contribution >= 0.6 is 7.75 Å². The van der Waals surface area contributed by atoms with Crippen molar-refractivity contribution in [3.8, 4) is 5.75 Å². The van der Waals surface area contributed by atoms with E-state index in [0.29, 0.717) is 24.4 Å². The SMILES string of the molecule is C[C@H](N[P@](=O)(Oc1cccc2ccccc12)OC1([C@H]2O[C@@H](n3cc(F)c(=O)[nH]c3=O)CC2O)CC1)C(=O)OCc1ccccc1. The Bertz CT molecular complexity index is 1870. The second kappa shape index (κ2) is 12.3. The number of hydrogen-bond donors (Lipinski definition) is 3. The molecule has 1 aromatic heterocycles. The van der Waals surface area contributed by atoms with E-state index < -0.39 is 60.9 Å². The van der Waals surface area contributed by atoms with E-state index in [-0.39, 0.29) is 18.8 Å². The molecule has 45 heavy (non-hydrogen) atoms. The van der Waals surface area contributed by atoms with Crippen LogP contribution < -0.4 is 20.9 Å². The zero-order chi connectivity index (χ0) is 31.8. The summed E-state index contributed by atoms with van der Waals surface area (Å²) < 4.78 is 53.1. The second-order valence-corrected chi connectivity index (χ2v) is 12.7. The molecule has 2 fully saturated rings. The van der Waals surface area contributed by atoms with Gasteiger partial charge < -0.3 is 19.1 Å². The first kappa shape index (κ1) is 30.9. The van der Waals surface area contributed by atoms with Crippen LogP contribution in [-0.4, -0.2) is 44.5 Å². The standard InChI is InChI=1S/C31H31FN3O9P/c1-19(29(38)41-18-20-8-3-2-4-9-20)34-45(40,43-25-13-7-11-21-10-5-6-12-22(21)25)44-31(14-15-31)27-24(36)16-26(42-27)35-17-23(32)28(37)33-30(35)39/h2-13,17,19,24,26-27,36H,14-16,18H2,1H3,(H,34,40)(H,33,37,39)/t19-,24?,26+,27-,45-/m0/s1. The van der Waals surface area contributed by atoms with Gasteiger partial charge in [-0.1, -0.05) is 66.7 Å². The minimum atomic E-state index is -4.42. The number of H-pyrrole nitrogens is 1. The molecule has 1 unspecified atom stereocenters. The van der Waals surface area contributed by atoms with Crippen molar-refractivity contribution in [1.29, 1.82) is 0 Å². The third kappa shape index (κ3) is 6.63. The molecule has 0 bridgehead atoms. The molecule has 6 rings (SSSR count). The highest BCUT2D eigenvalue weighted by Crippen LogP contribution is 2.60. The van der Waals surface area contributed by atoms with E-state index in [9.17, 15) is 28.4 Å². The van der Waals surface area contributed by atoms with Crippen LogP contribution in [0, 0.1) is 5.82 Å². The van der Waals surface area contributed by atoms with Crippen molar-refractivity contribution in [1.82, 2.24) is 14.6 Å². The number of carbonyl (C=O) groups is 1. The molecule has 1 aliphatic heterocycles. The first-order valence-corrected chi connectivity index (χ1v) is 15.9. The normalized spacial score (nSPS) is 22.4. The summed E-state index contributed by atoms with van der Waals surface area (Å²) >= 11 is 0. The van der Waals surface area contributed by atoms with Crippen LogP contribution in [0.3, 0.4) is 0 Å². The molecule has 0 amide bonds. The molecular formula is C31H31FN3O9P. The highest BCUT2D eigenvalue weighted by Gasteiger charge is 2.61. The van der Waals surface area contributed by atoms with Crippen molar-refractivity contribution < 1.29 is 37.4 Å². The lowest BCUT2D eigenvalue weighted by molar-refractivity contribution is -0.146. The molecule has 1 saturated carbocycles. The van der Waals surface area contributed by atoms with E-state index in [1.807, 2.05) is 41.4 Å². The third-order valence-corrected chi connectivity index (χ3v) is 9.54. The van der Waals surface area contributed by atoms with Crippen LogP contribution in [0.25, 0.3) is 10.8 Å². The van der Waals surface area contributed by atoms with Gasteiger partial charge in [0.05, 0.1) is 12.3 Å². The summed E-state index contributed by atoms with van der Waals surface area (Å²) in [5.41, 5.74) is -2.66. The van der Waals surface area contributed by atoms with Gasteiger partial charge in [-0.05, 0) is 36.8 Å². The van der Waals surface area contributed by atoms with Crippen LogP contribution in [0.5, 0.6) is 5.75 Å². The summed E-state index contributed by atoms with van der Waals surface area (Å²) in [5.74, 6) is -1.67. The van der Waals surface area contributed by atoms with Crippen molar-refractivity contribution in [3.05, 3.63) is 111 Å². The van der Waals surface area contributed by atoms with Crippen LogP contribution in [0.1, 0.15) is 38.0 Å². The van der Waals surface area contributed by atoms with Gasteiger partial charge in [-0.25, -0.2) is 9.36 Å². The number of aromatic amines is 1. The number of esters is 1. The number of nitrogens with one attached hydrogen (secondary N) is 2. The molecule has 1 saturated heterocycles. The van der Waals surface area contributed by atoms with Crippen molar-refractivity contribution in [2.75, 3.05) is 0 Å². The Hall–Kier alpha value is -4.13. The Labute approximate surface area is 256 Å². The topological polar surface area (TPSA) is 158 Å². The van der Waals surface area contributed by atoms with E-state index in [2.05, 4.69) is 5.09 Å². The predicted octanol–water partition coefficient (Wildman–Crippen LogP) is 3.94. The molecule has 0 spiro atoms. The minimum Gasteiger partial charge on any atom is -0.460 e. The number of benzene rings is 3. The number of carbonyl (C=O) groups excluding carboxylic acids is 1. The number of hydrogen-bond acceptors (Lipinski definition) is 9. The molecule has 5 atom stereocenters. The molecule has 4 aromatic rings. The Morgan fingerprint density at radius 2 is 1.84 bits per heavy atom. The van der Waals surface area contributed by atoms with Gasteiger partial charge in [0.1, 0.15) is 36.3 Å². The lowest BCUT2D eigenvalue weighted by Crippen LogP contribution is -2.42. The van der Waals surface area contributed by atoms with Crippen LogP contribution in [0.2, 0.25) is 0 Å². The Morgan fingerprint density at radius 3 is 2.60 bits per heavy atom. The van der Waals surface area contributed by atoms with Gasteiger partial charge in [-0.2, -0.15) is 9.48 Å². The number of rotatable bonds is 11. The van der Waals surface area contributed by atoms with E-state index in [0.717, 1.165) is 15.5 Å². The van der Waals surface area contributed by atoms with E-state index >= 15 is 0 Å². The molecular weight excluding hydrogens is 608 g/mol. The van der Waals surface area contributed by atoms with Crippen LogP contribution in [-0.2, 0) is 30.0 Å². The number of aliphatic hydroxyl groups is 1. The first-order valence-electron chi connectivity index (χ1n) is 14.4. The number of ether oxygens (including phenoxy) is 2. The molecule has 236 valence electrons. The smallest absolute Gasteiger partial charge is 0.460 e. The second-order valence-electron chi connectivity index (χ2n) is 11.1. The molecule has 2 heterocycles. The van der Waals surface area contributed by atoms with Crippen molar-refractivity contribution in [3.63, 3.8) is 0 Å². The number of halogens is 1. The van der Waals surface area contributed by atoms with Gasteiger partial charge in [-0.15, -0.1) is 0 Å². The number of fused-ring (bicyclic) bond motifs is 1. The average molecular weight is 640 g/mol. The summed E-state index contributed by atoms with van der Waals surface area (Å²) in [7, 11) is -4.42. The molecule has 3 aromatic carbocycles. The maximum atomic E-state index is 14.6. The molecule has 14 heteroatoms. The van der Waals surface area contributed by atoms with E-state index in [1.54, 1.807) is 36.4 Å². The Morgan fingerprint density at radius 1 is 1.13 bits per heavy atom. The molecule has 2 aliphatic rings. The summed E-state index contributed by atoms with van der Waals surface area (Å²) in [4.78, 5) is 38.7. The van der Waals surface area contributed by atoms with Gasteiger partial charge >= 0.3 is 19.4 Å². The van der Waals surface area contributed by atoms with E-state index in [4.69, 9.17) is 18.5 Å². The van der Waals surface area contributed by atoms with Gasteiger partial charge in [0, 0.05) is 11.8 Å². The van der Waals surface area contributed by atoms with Crippen molar-refractivity contribution in [2.45, 2.75) is 62.9 Å². The van der Waals surface area contributed by atoms with Gasteiger partial charge in [0.15, 0.2) is 0 Å². The number of nitrogens with zero attached hydrogens (tertiary/aromatic N) is 1. The first-order chi connectivity index (χ1) is 21.6. The van der Waals surface area contributed by atoms with Crippen molar-refractivity contribution in [2.24, 2.45) is 0 Å². The summed E-state index contributed by atoms with van der Waals surface area (Å²) in [6.45, 7) is 1.46. The summed E-state index contributed by atoms with van der Waals surface area (Å²) in [5, 5.41) is 15.1. The average Bonchev–Trinajstić information content (AvgIpc) is 3.68.